The molecule has 1 aliphatic rings. The van der Waals surface area contributed by atoms with Crippen LogP contribution in [0.5, 0.6) is 0 Å². The molecule has 1 aliphatic heterocycles. The van der Waals surface area contributed by atoms with Gasteiger partial charge in [-0.3, -0.25) is 9.69 Å². The van der Waals surface area contributed by atoms with E-state index < -0.39 is 0 Å². The van der Waals surface area contributed by atoms with Crippen LogP contribution in [0, 0.1) is 13.8 Å². The molecule has 1 saturated heterocycles. The molecule has 0 radical (unpaired) electrons. The normalized spacial score (nSPS) is 18.2. The van der Waals surface area contributed by atoms with E-state index in [4.69, 9.17) is 5.73 Å². The Kier molecular flexibility index (Phi) is 3.48. The number of hydrogen-bond donors (Lipinski definition) is 1. The first kappa shape index (κ1) is 12.1. The van der Waals surface area contributed by atoms with Crippen LogP contribution >= 0.6 is 0 Å². The molecule has 0 aromatic heterocycles. The van der Waals surface area contributed by atoms with E-state index in [-0.39, 0.29) is 11.9 Å². The quantitative estimate of drug-likeness (QED) is 0.865. The van der Waals surface area contributed by atoms with Gasteiger partial charge in [-0.05, 0) is 56.5 Å². The summed E-state index contributed by atoms with van der Waals surface area (Å²) in [5.41, 5.74) is 9.01. The SMILES string of the molecule is Cc1cccc(C)c1C(C(N)=O)N1CCCC1. The molecule has 1 unspecified atom stereocenters. The van der Waals surface area contributed by atoms with Crippen LogP contribution in [-0.4, -0.2) is 23.9 Å². The summed E-state index contributed by atoms with van der Waals surface area (Å²) in [7, 11) is 0. The number of nitrogens with zero attached hydrogens (tertiary/aromatic N) is 1. The minimum atomic E-state index is -0.251. The molecule has 17 heavy (non-hydrogen) atoms. The number of carbonyl (C=O) groups is 1. The second kappa shape index (κ2) is 4.88. The van der Waals surface area contributed by atoms with Gasteiger partial charge in [0, 0.05) is 0 Å². The number of primary amides is 1. The average Bonchev–Trinajstić information content (AvgIpc) is 2.76. The van der Waals surface area contributed by atoms with Gasteiger partial charge in [-0.2, -0.15) is 0 Å². The van der Waals surface area contributed by atoms with Gasteiger partial charge in [0.1, 0.15) is 6.04 Å². The lowest BCUT2D eigenvalue weighted by molar-refractivity contribution is -0.123. The molecule has 1 heterocycles. The van der Waals surface area contributed by atoms with Crippen molar-refractivity contribution in [3.8, 4) is 0 Å². The van der Waals surface area contributed by atoms with Crippen molar-refractivity contribution in [1.82, 2.24) is 4.90 Å². The van der Waals surface area contributed by atoms with Crippen molar-refractivity contribution in [2.45, 2.75) is 32.7 Å². The summed E-state index contributed by atoms with van der Waals surface area (Å²) >= 11 is 0. The predicted octanol–water partition coefficient (Wildman–Crippen LogP) is 1.93. The average molecular weight is 232 g/mol. The van der Waals surface area contributed by atoms with E-state index in [1.807, 2.05) is 32.0 Å². The Morgan fingerprint density at radius 2 is 1.76 bits per heavy atom. The smallest absolute Gasteiger partial charge is 0.239 e. The van der Waals surface area contributed by atoms with Crippen LogP contribution in [-0.2, 0) is 4.79 Å². The van der Waals surface area contributed by atoms with Gasteiger partial charge >= 0.3 is 0 Å². The maximum absolute atomic E-state index is 11.8. The van der Waals surface area contributed by atoms with Crippen molar-refractivity contribution in [2.75, 3.05) is 13.1 Å². The third-order valence-electron chi connectivity index (χ3n) is 3.59. The number of rotatable bonds is 3. The van der Waals surface area contributed by atoms with E-state index in [1.54, 1.807) is 0 Å². The largest absolute Gasteiger partial charge is 0.368 e. The highest BCUT2D eigenvalue weighted by Crippen LogP contribution is 2.29. The van der Waals surface area contributed by atoms with Crippen molar-refractivity contribution >= 4 is 5.91 Å². The molecule has 2 N–H and O–H groups in total. The lowest BCUT2D eigenvalue weighted by atomic mass is 9.95. The second-order valence-electron chi connectivity index (χ2n) is 4.85. The van der Waals surface area contributed by atoms with Crippen LogP contribution in [0.4, 0.5) is 0 Å². The van der Waals surface area contributed by atoms with Gasteiger partial charge < -0.3 is 5.73 Å². The molecule has 0 bridgehead atoms. The molecule has 0 saturated carbocycles. The summed E-state index contributed by atoms with van der Waals surface area (Å²) in [6.45, 7) is 6.05. The summed E-state index contributed by atoms with van der Waals surface area (Å²) in [6.07, 6.45) is 2.32. The summed E-state index contributed by atoms with van der Waals surface area (Å²) < 4.78 is 0. The third-order valence-corrected chi connectivity index (χ3v) is 3.59. The number of hydrogen-bond acceptors (Lipinski definition) is 2. The van der Waals surface area contributed by atoms with E-state index in [0.717, 1.165) is 42.6 Å². The first-order valence-electron chi connectivity index (χ1n) is 6.20. The predicted molar refractivity (Wildman–Crippen MR) is 68.7 cm³/mol. The number of nitrogens with two attached hydrogens (primary N) is 1. The number of benzene rings is 1. The standard InChI is InChI=1S/C14H20N2O/c1-10-6-5-7-11(2)12(10)13(14(15)17)16-8-3-4-9-16/h5-7,13H,3-4,8-9H2,1-2H3,(H2,15,17). The molecule has 1 fully saturated rings. The molecule has 1 amide bonds. The first-order valence-corrected chi connectivity index (χ1v) is 6.20. The lowest BCUT2D eigenvalue weighted by Crippen LogP contribution is -2.36. The van der Waals surface area contributed by atoms with Crippen molar-refractivity contribution in [2.24, 2.45) is 5.73 Å². The molecule has 0 aliphatic carbocycles. The Balaban J connectivity index is 2.42. The van der Waals surface area contributed by atoms with Crippen LogP contribution in [0.1, 0.15) is 35.6 Å². The highest BCUT2D eigenvalue weighted by Gasteiger charge is 2.29. The Bertz CT molecular complexity index is 402. The molecule has 3 nitrogen and oxygen atoms in total. The van der Waals surface area contributed by atoms with Gasteiger partial charge in [-0.25, -0.2) is 0 Å². The van der Waals surface area contributed by atoms with E-state index in [9.17, 15) is 4.79 Å². The summed E-state index contributed by atoms with van der Waals surface area (Å²) in [5, 5.41) is 0. The highest BCUT2D eigenvalue weighted by molar-refractivity contribution is 5.82. The molecule has 1 atom stereocenters. The fourth-order valence-electron chi connectivity index (χ4n) is 2.76. The van der Waals surface area contributed by atoms with Crippen LogP contribution in [0.25, 0.3) is 0 Å². The zero-order chi connectivity index (χ0) is 12.4. The van der Waals surface area contributed by atoms with E-state index >= 15 is 0 Å². The van der Waals surface area contributed by atoms with Gasteiger partial charge in [0.05, 0.1) is 0 Å². The minimum Gasteiger partial charge on any atom is -0.368 e. The topological polar surface area (TPSA) is 46.3 Å². The summed E-state index contributed by atoms with van der Waals surface area (Å²) in [5.74, 6) is -0.232. The van der Waals surface area contributed by atoms with E-state index in [1.165, 1.54) is 0 Å². The lowest BCUT2D eigenvalue weighted by Gasteiger charge is -2.27. The van der Waals surface area contributed by atoms with Crippen molar-refractivity contribution < 1.29 is 4.79 Å². The zero-order valence-corrected chi connectivity index (χ0v) is 10.6. The molecule has 0 spiro atoms. The number of carbonyl (C=O) groups excluding carboxylic acids is 1. The van der Waals surface area contributed by atoms with Crippen LogP contribution in [0.2, 0.25) is 0 Å². The molecule has 92 valence electrons. The van der Waals surface area contributed by atoms with Crippen molar-refractivity contribution in [3.05, 3.63) is 34.9 Å². The maximum atomic E-state index is 11.8. The molecule has 1 aromatic carbocycles. The maximum Gasteiger partial charge on any atom is 0.239 e. The molecular weight excluding hydrogens is 212 g/mol. The number of aryl methyl sites for hydroxylation is 2. The third kappa shape index (κ3) is 2.34. The molecule has 1 aromatic rings. The highest BCUT2D eigenvalue weighted by atomic mass is 16.1. The van der Waals surface area contributed by atoms with Crippen LogP contribution < -0.4 is 5.73 Å². The van der Waals surface area contributed by atoms with E-state index in [0.29, 0.717) is 0 Å². The summed E-state index contributed by atoms with van der Waals surface area (Å²) in [6, 6.07) is 5.87. The zero-order valence-electron chi connectivity index (χ0n) is 10.6. The number of likely N-dealkylation sites (tertiary alicyclic amines) is 1. The second-order valence-corrected chi connectivity index (χ2v) is 4.85. The Hall–Kier alpha value is -1.35. The Morgan fingerprint density at radius 1 is 1.24 bits per heavy atom. The van der Waals surface area contributed by atoms with Gasteiger partial charge in [0.2, 0.25) is 5.91 Å². The fraction of sp³-hybridized carbons (Fsp3) is 0.500. The molecule has 3 heteroatoms. The fourth-order valence-corrected chi connectivity index (χ4v) is 2.76. The summed E-state index contributed by atoms with van der Waals surface area (Å²) in [4.78, 5) is 14.0. The Labute approximate surface area is 103 Å². The van der Waals surface area contributed by atoms with Gasteiger partial charge in [-0.15, -0.1) is 0 Å². The minimum absolute atomic E-state index is 0.232. The van der Waals surface area contributed by atoms with Crippen molar-refractivity contribution in [1.29, 1.82) is 0 Å². The van der Waals surface area contributed by atoms with Gasteiger partial charge in [0.25, 0.3) is 0 Å². The van der Waals surface area contributed by atoms with Crippen LogP contribution in [0.3, 0.4) is 0 Å². The van der Waals surface area contributed by atoms with Gasteiger partial charge in [0.15, 0.2) is 0 Å². The van der Waals surface area contributed by atoms with Gasteiger partial charge in [-0.1, -0.05) is 18.2 Å². The van der Waals surface area contributed by atoms with E-state index in [2.05, 4.69) is 4.90 Å². The monoisotopic (exact) mass is 232 g/mol. The Morgan fingerprint density at radius 3 is 2.24 bits per heavy atom. The molecule has 2 rings (SSSR count). The van der Waals surface area contributed by atoms with Crippen LogP contribution in [0.15, 0.2) is 18.2 Å². The van der Waals surface area contributed by atoms with Crippen molar-refractivity contribution in [3.63, 3.8) is 0 Å². The molecular formula is C14H20N2O. The number of amides is 1. The first-order chi connectivity index (χ1) is 8.11.